The molecule has 0 radical (unpaired) electrons. The van der Waals surface area contributed by atoms with Gasteiger partial charge in [-0.2, -0.15) is 4.31 Å². The molecule has 3 nitrogen and oxygen atoms in total. The van der Waals surface area contributed by atoms with Gasteiger partial charge in [0.15, 0.2) is 0 Å². The summed E-state index contributed by atoms with van der Waals surface area (Å²) < 4.78 is 25.5. The zero-order valence-corrected chi connectivity index (χ0v) is 12.4. The largest absolute Gasteiger partial charge is 0.214 e. The molecule has 15 heavy (non-hydrogen) atoms. The second-order valence-electron chi connectivity index (χ2n) is 4.39. The van der Waals surface area contributed by atoms with E-state index in [0.717, 1.165) is 6.42 Å². The van der Waals surface area contributed by atoms with Gasteiger partial charge >= 0.3 is 0 Å². The van der Waals surface area contributed by atoms with Crippen molar-refractivity contribution < 1.29 is 8.42 Å². The molecule has 0 unspecified atom stereocenters. The second kappa shape index (κ2) is 6.86. The van der Waals surface area contributed by atoms with E-state index in [9.17, 15) is 8.42 Å². The van der Waals surface area contributed by atoms with Gasteiger partial charge in [-0.05, 0) is 26.2 Å². The quantitative estimate of drug-likeness (QED) is 0.677. The van der Waals surface area contributed by atoms with Crippen LogP contribution in [0.15, 0.2) is 0 Å². The number of nitrogens with zero attached hydrogens (tertiary/aromatic N) is 1. The standard InChI is InChI=1S/C10H22BrNO2S/c1-9(2)5-8-15(13,14)12(7-6-11)10(3)4/h9-10H,5-8H2,1-4H3. The third kappa shape index (κ3) is 5.88. The van der Waals surface area contributed by atoms with Crippen LogP contribution in [0.4, 0.5) is 0 Å². The van der Waals surface area contributed by atoms with Crippen molar-refractivity contribution in [1.29, 1.82) is 0 Å². The van der Waals surface area contributed by atoms with Crippen molar-refractivity contribution >= 4 is 26.0 Å². The summed E-state index contributed by atoms with van der Waals surface area (Å²) in [7, 11) is -3.08. The van der Waals surface area contributed by atoms with Crippen molar-refractivity contribution in [2.24, 2.45) is 5.92 Å². The van der Waals surface area contributed by atoms with Gasteiger partial charge in [-0.15, -0.1) is 0 Å². The summed E-state index contributed by atoms with van der Waals surface area (Å²) >= 11 is 3.28. The van der Waals surface area contributed by atoms with Crippen molar-refractivity contribution in [2.45, 2.75) is 40.2 Å². The zero-order valence-electron chi connectivity index (χ0n) is 10.0. The van der Waals surface area contributed by atoms with E-state index < -0.39 is 10.0 Å². The summed E-state index contributed by atoms with van der Waals surface area (Å²) in [5, 5.41) is 0.687. The highest BCUT2D eigenvalue weighted by Gasteiger charge is 2.23. The molecule has 0 atom stereocenters. The molecular formula is C10H22BrNO2S. The minimum Gasteiger partial charge on any atom is -0.212 e. The van der Waals surface area contributed by atoms with Crippen LogP contribution in [0.1, 0.15) is 34.1 Å². The minimum absolute atomic E-state index is 0.0414. The molecule has 5 heteroatoms. The van der Waals surface area contributed by atoms with Gasteiger partial charge in [0, 0.05) is 17.9 Å². The van der Waals surface area contributed by atoms with Crippen molar-refractivity contribution in [1.82, 2.24) is 4.31 Å². The highest BCUT2D eigenvalue weighted by Crippen LogP contribution is 2.12. The van der Waals surface area contributed by atoms with Crippen LogP contribution in [-0.2, 0) is 10.0 Å². The van der Waals surface area contributed by atoms with Crippen LogP contribution in [-0.4, -0.2) is 36.4 Å². The lowest BCUT2D eigenvalue weighted by atomic mass is 10.2. The Bertz CT molecular complexity index is 263. The van der Waals surface area contributed by atoms with Crippen molar-refractivity contribution in [3.05, 3.63) is 0 Å². The fourth-order valence-corrected chi connectivity index (χ4v) is 3.94. The molecule has 0 aliphatic rings. The molecule has 0 aromatic heterocycles. The van der Waals surface area contributed by atoms with Gasteiger partial charge in [-0.25, -0.2) is 8.42 Å². The van der Waals surface area contributed by atoms with E-state index in [1.165, 1.54) is 0 Å². The number of halogens is 1. The van der Waals surface area contributed by atoms with E-state index in [4.69, 9.17) is 0 Å². The Hall–Kier alpha value is 0.390. The molecule has 0 aromatic rings. The average molecular weight is 300 g/mol. The topological polar surface area (TPSA) is 37.4 Å². The van der Waals surface area contributed by atoms with Crippen molar-refractivity contribution in [3.63, 3.8) is 0 Å². The molecule has 0 aliphatic carbocycles. The summed E-state index contributed by atoms with van der Waals surface area (Å²) in [6.07, 6.45) is 0.730. The van der Waals surface area contributed by atoms with E-state index in [0.29, 0.717) is 17.8 Å². The van der Waals surface area contributed by atoms with Gasteiger partial charge in [0.05, 0.1) is 5.75 Å². The maximum absolute atomic E-state index is 12.0. The summed E-state index contributed by atoms with van der Waals surface area (Å²) in [4.78, 5) is 0. The lowest BCUT2D eigenvalue weighted by molar-refractivity contribution is 0.370. The molecule has 0 heterocycles. The second-order valence-corrected chi connectivity index (χ2v) is 7.23. The van der Waals surface area contributed by atoms with E-state index >= 15 is 0 Å². The molecule has 0 saturated carbocycles. The monoisotopic (exact) mass is 299 g/mol. The highest BCUT2D eigenvalue weighted by molar-refractivity contribution is 9.09. The summed E-state index contributed by atoms with van der Waals surface area (Å²) in [6.45, 7) is 8.46. The third-order valence-corrected chi connectivity index (χ3v) is 4.62. The Morgan fingerprint density at radius 3 is 2.07 bits per heavy atom. The molecule has 0 aliphatic heterocycles. The number of alkyl halides is 1. The molecule has 0 bridgehead atoms. The Kier molecular flexibility index (Phi) is 7.04. The first-order valence-corrected chi connectivity index (χ1v) is 8.09. The van der Waals surface area contributed by atoms with Crippen LogP contribution in [0, 0.1) is 5.92 Å². The van der Waals surface area contributed by atoms with Crippen LogP contribution in [0.5, 0.6) is 0 Å². The maximum Gasteiger partial charge on any atom is 0.214 e. The minimum atomic E-state index is -3.08. The number of hydrogen-bond acceptors (Lipinski definition) is 2. The van der Waals surface area contributed by atoms with E-state index in [1.54, 1.807) is 4.31 Å². The molecule has 0 rings (SSSR count). The van der Waals surface area contributed by atoms with Crippen LogP contribution >= 0.6 is 15.9 Å². The summed E-state index contributed by atoms with van der Waals surface area (Å²) in [5.74, 6) is 0.688. The summed E-state index contributed by atoms with van der Waals surface area (Å²) in [5.41, 5.74) is 0. The van der Waals surface area contributed by atoms with Gasteiger partial charge in [-0.1, -0.05) is 29.8 Å². The fraction of sp³-hybridized carbons (Fsp3) is 1.00. The predicted octanol–water partition coefficient (Wildman–Crippen LogP) is 2.47. The van der Waals surface area contributed by atoms with E-state index in [2.05, 4.69) is 15.9 Å². The zero-order chi connectivity index (χ0) is 12.1. The predicted molar refractivity (Wildman–Crippen MR) is 68.9 cm³/mol. The van der Waals surface area contributed by atoms with Gasteiger partial charge in [0.2, 0.25) is 10.0 Å². The molecule has 0 N–H and O–H groups in total. The first kappa shape index (κ1) is 15.4. The molecule has 0 amide bonds. The maximum atomic E-state index is 12.0. The molecule has 92 valence electrons. The first-order valence-electron chi connectivity index (χ1n) is 5.36. The molecule has 0 aromatic carbocycles. The van der Waals surface area contributed by atoms with Crippen molar-refractivity contribution in [2.75, 3.05) is 17.6 Å². The average Bonchev–Trinajstić information content (AvgIpc) is 2.10. The lowest BCUT2D eigenvalue weighted by Crippen LogP contribution is -2.39. The lowest BCUT2D eigenvalue weighted by Gasteiger charge is -2.25. The Balaban J connectivity index is 4.50. The first-order chi connectivity index (χ1) is 6.81. The highest BCUT2D eigenvalue weighted by atomic mass is 79.9. The molecule has 0 spiro atoms. The van der Waals surface area contributed by atoms with Gasteiger partial charge in [-0.3, -0.25) is 0 Å². The third-order valence-electron chi connectivity index (χ3n) is 2.19. The molecule has 0 fully saturated rings. The molecule has 0 saturated heterocycles. The number of rotatable bonds is 7. The van der Waals surface area contributed by atoms with Crippen LogP contribution in [0.3, 0.4) is 0 Å². The van der Waals surface area contributed by atoms with Gasteiger partial charge in [0.1, 0.15) is 0 Å². The Morgan fingerprint density at radius 1 is 1.20 bits per heavy atom. The fourth-order valence-electron chi connectivity index (χ4n) is 1.30. The SMILES string of the molecule is CC(C)CCS(=O)(=O)N(CCBr)C(C)C. The normalized spacial score (nSPS) is 13.1. The Labute approximate surface area is 102 Å². The van der Waals surface area contributed by atoms with E-state index in [-0.39, 0.29) is 11.8 Å². The van der Waals surface area contributed by atoms with E-state index in [1.807, 2.05) is 27.7 Å². The van der Waals surface area contributed by atoms with Crippen LogP contribution in [0.25, 0.3) is 0 Å². The number of hydrogen-bond donors (Lipinski definition) is 0. The van der Waals surface area contributed by atoms with Crippen molar-refractivity contribution in [3.8, 4) is 0 Å². The Morgan fingerprint density at radius 2 is 1.73 bits per heavy atom. The van der Waals surface area contributed by atoms with Crippen LogP contribution < -0.4 is 0 Å². The van der Waals surface area contributed by atoms with Gasteiger partial charge < -0.3 is 0 Å². The smallest absolute Gasteiger partial charge is 0.212 e. The van der Waals surface area contributed by atoms with Crippen LogP contribution in [0.2, 0.25) is 0 Å². The molecular weight excluding hydrogens is 278 g/mol. The van der Waals surface area contributed by atoms with Gasteiger partial charge in [0.25, 0.3) is 0 Å². The number of sulfonamides is 1. The summed E-state index contributed by atoms with van der Waals surface area (Å²) in [6, 6.07) is 0.0414.